The van der Waals surface area contributed by atoms with Crippen LogP contribution in [0.5, 0.6) is 0 Å². The number of amides is 1. The van der Waals surface area contributed by atoms with Crippen molar-refractivity contribution in [3.63, 3.8) is 0 Å². The molecule has 0 saturated carbocycles. The quantitative estimate of drug-likeness (QED) is 0.711. The first-order valence-electron chi connectivity index (χ1n) is 9.61. The number of likely N-dealkylation sites (N-methyl/N-ethyl adjacent to an activating group) is 1. The second-order valence-corrected chi connectivity index (χ2v) is 8.56. The van der Waals surface area contributed by atoms with E-state index in [4.69, 9.17) is 17.3 Å². The van der Waals surface area contributed by atoms with E-state index in [2.05, 4.69) is 4.90 Å². The van der Waals surface area contributed by atoms with Gasteiger partial charge in [0.05, 0.1) is 5.56 Å². The lowest BCUT2D eigenvalue weighted by molar-refractivity contribution is -0.138. The summed E-state index contributed by atoms with van der Waals surface area (Å²) in [6.45, 7) is 0. The van der Waals surface area contributed by atoms with E-state index in [0.717, 1.165) is 18.9 Å². The lowest BCUT2D eigenvalue weighted by atomic mass is 9.67. The summed E-state index contributed by atoms with van der Waals surface area (Å²) in [5.74, 6) is -0.918. The Bertz CT molecular complexity index is 939. The van der Waals surface area contributed by atoms with E-state index in [1.807, 2.05) is 7.05 Å². The molecule has 2 aromatic carbocycles. The number of halogens is 4. The van der Waals surface area contributed by atoms with E-state index in [9.17, 15) is 18.0 Å². The fourth-order valence-electron chi connectivity index (χ4n) is 5.44. The summed E-state index contributed by atoms with van der Waals surface area (Å²) in [7, 11) is 1.92. The van der Waals surface area contributed by atoms with E-state index in [-0.39, 0.29) is 17.2 Å². The van der Waals surface area contributed by atoms with Gasteiger partial charge in [0.15, 0.2) is 0 Å². The molecule has 7 heteroatoms. The fourth-order valence-corrected chi connectivity index (χ4v) is 6.09. The number of benzene rings is 2. The molecule has 1 atom stereocenters. The van der Waals surface area contributed by atoms with Crippen molar-refractivity contribution in [1.82, 2.24) is 4.90 Å². The normalized spacial score (nSPS) is 26.4. The summed E-state index contributed by atoms with van der Waals surface area (Å²) in [6.07, 6.45) is -1.66. The highest BCUT2D eigenvalue weighted by atomic mass is 35.5. The molecule has 2 saturated heterocycles. The number of rotatable bonds is 4. The molecule has 1 unspecified atom stereocenters. The largest absolute Gasteiger partial charge is 0.416 e. The summed E-state index contributed by atoms with van der Waals surface area (Å²) in [5, 5.41) is 0. The van der Waals surface area contributed by atoms with Crippen LogP contribution in [0.15, 0.2) is 48.5 Å². The van der Waals surface area contributed by atoms with Crippen molar-refractivity contribution in [3.8, 4) is 0 Å². The number of fused-ring (bicyclic) bond motifs is 2. The summed E-state index contributed by atoms with van der Waals surface area (Å²) in [6, 6.07) is 12.6. The minimum atomic E-state index is -4.68. The summed E-state index contributed by atoms with van der Waals surface area (Å²) in [5.41, 5.74) is 4.02. The molecular weight excluding hydrogens is 401 g/mol. The summed E-state index contributed by atoms with van der Waals surface area (Å²) in [4.78, 5) is 12.8. The number of hydrogen-bond acceptors (Lipinski definition) is 2. The Morgan fingerprint density at radius 1 is 1.10 bits per heavy atom. The summed E-state index contributed by atoms with van der Waals surface area (Å²) < 4.78 is 42.4. The maximum atomic E-state index is 14.1. The molecule has 4 rings (SSSR count). The third-order valence-corrected chi connectivity index (χ3v) is 7.56. The van der Waals surface area contributed by atoms with Crippen molar-refractivity contribution in [1.29, 1.82) is 0 Å². The number of hydrogen-bond donors (Lipinski definition) is 1. The van der Waals surface area contributed by atoms with Crippen LogP contribution in [0.4, 0.5) is 13.2 Å². The van der Waals surface area contributed by atoms with E-state index < -0.39 is 28.1 Å². The third-order valence-electron chi connectivity index (χ3n) is 6.80. The fraction of sp³-hybridized carbons (Fsp3) is 0.409. The molecule has 2 aliphatic heterocycles. The molecule has 0 radical (unpaired) electrons. The monoisotopic (exact) mass is 422 g/mol. The second-order valence-electron chi connectivity index (χ2n) is 7.99. The van der Waals surface area contributed by atoms with Gasteiger partial charge in [0.25, 0.3) is 0 Å². The van der Waals surface area contributed by atoms with Crippen molar-refractivity contribution in [2.45, 2.75) is 48.3 Å². The first kappa shape index (κ1) is 20.2. The van der Waals surface area contributed by atoms with Crippen molar-refractivity contribution >= 4 is 17.5 Å². The van der Waals surface area contributed by atoms with Gasteiger partial charge in [-0.2, -0.15) is 13.2 Å². The number of carbonyl (C=O) groups excluding carboxylic acids is 1. The third kappa shape index (κ3) is 2.80. The maximum Gasteiger partial charge on any atom is 0.416 e. The second kappa shape index (κ2) is 6.74. The average Bonchev–Trinajstić information content (AvgIpc) is 3.20. The SMILES string of the molecule is CN1C2CCC1(C(Cl)(c1ccccc1)c1c(C(N)=O)cccc1C(F)(F)F)CC2. The van der Waals surface area contributed by atoms with Crippen LogP contribution in [-0.4, -0.2) is 29.4 Å². The molecule has 0 spiro atoms. The molecule has 2 heterocycles. The molecule has 29 heavy (non-hydrogen) atoms. The molecule has 2 fully saturated rings. The highest BCUT2D eigenvalue weighted by Gasteiger charge is 2.64. The zero-order valence-corrected chi connectivity index (χ0v) is 16.7. The molecule has 3 nitrogen and oxygen atoms in total. The van der Waals surface area contributed by atoms with Gasteiger partial charge in [-0.3, -0.25) is 9.69 Å². The smallest absolute Gasteiger partial charge is 0.366 e. The van der Waals surface area contributed by atoms with Gasteiger partial charge in [-0.1, -0.05) is 36.4 Å². The zero-order valence-electron chi connectivity index (χ0n) is 16.0. The van der Waals surface area contributed by atoms with E-state index in [1.165, 1.54) is 12.1 Å². The average molecular weight is 423 g/mol. The van der Waals surface area contributed by atoms with Crippen LogP contribution in [0.3, 0.4) is 0 Å². The number of nitrogens with zero attached hydrogens (tertiary/aromatic N) is 1. The molecule has 154 valence electrons. The summed E-state index contributed by atoms with van der Waals surface area (Å²) >= 11 is 7.39. The lowest BCUT2D eigenvalue weighted by Gasteiger charge is -2.48. The number of nitrogens with two attached hydrogens (primary N) is 1. The van der Waals surface area contributed by atoms with Gasteiger partial charge in [0.1, 0.15) is 4.87 Å². The van der Waals surface area contributed by atoms with E-state index in [1.54, 1.807) is 30.3 Å². The van der Waals surface area contributed by atoms with Gasteiger partial charge in [-0.05, 0) is 50.4 Å². The molecule has 2 bridgehead atoms. The first-order valence-corrected chi connectivity index (χ1v) is 9.98. The van der Waals surface area contributed by atoms with Crippen molar-refractivity contribution < 1.29 is 18.0 Å². The lowest BCUT2D eigenvalue weighted by Crippen LogP contribution is -2.55. The molecule has 1 amide bonds. The van der Waals surface area contributed by atoms with E-state index >= 15 is 0 Å². The van der Waals surface area contributed by atoms with Crippen LogP contribution in [0.25, 0.3) is 0 Å². The Balaban J connectivity index is 2.11. The Morgan fingerprint density at radius 3 is 2.21 bits per heavy atom. The maximum absolute atomic E-state index is 14.1. The topological polar surface area (TPSA) is 46.3 Å². The van der Waals surface area contributed by atoms with Gasteiger partial charge in [0, 0.05) is 22.7 Å². The minimum absolute atomic E-state index is 0.184. The van der Waals surface area contributed by atoms with Gasteiger partial charge >= 0.3 is 6.18 Å². The molecule has 0 aromatic heterocycles. The van der Waals surface area contributed by atoms with Crippen LogP contribution in [0.2, 0.25) is 0 Å². The van der Waals surface area contributed by atoms with Crippen molar-refractivity contribution in [3.05, 3.63) is 70.8 Å². The number of primary amides is 1. The van der Waals surface area contributed by atoms with Gasteiger partial charge in [-0.25, -0.2) is 0 Å². The standard InChI is InChI=1S/C22H22ClF3N2O/c1-28-15-10-12-20(28,13-11-15)21(23,14-6-3-2-4-7-14)18-16(19(27)29)8-5-9-17(18)22(24,25)26/h2-9,15H,10-13H2,1H3,(H2,27,29). The van der Waals surface area contributed by atoms with Gasteiger partial charge < -0.3 is 5.73 Å². The Morgan fingerprint density at radius 2 is 1.72 bits per heavy atom. The van der Waals surface area contributed by atoms with Crippen molar-refractivity contribution in [2.24, 2.45) is 5.73 Å². The Hall–Kier alpha value is -2.05. The van der Waals surface area contributed by atoms with Crippen LogP contribution in [-0.2, 0) is 11.1 Å². The van der Waals surface area contributed by atoms with Crippen LogP contribution in [0, 0.1) is 0 Å². The zero-order chi connectivity index (χ0) is 21.0. The van der Waals surface area contributed by atoms with Gasteiger partial charge in [-0.15, -0.1) is 11.6 Å². The van der Waals surface area contributed by atoms with Crippen molar-refractivity contribution in [2.75, 3.05) is 7.05 Å². The Labute approximate surface area is 172 Å². The molecule has 2 aromatic rings. The van der Waals surface area contributed by atoms with Crippen LogP contribution < -0.4 is 5.73 Å². The van der Waals surface area contributed by atoms with Gasteiger partial charge in [0.2, 0.25) is 5.91 Å². The highest BCUT2D eigenvalue weighted by molar-refractivity contribution is 6.28. The number of alkyl halides is 4. The predicted molar refractivity (Wildman–Crippen MR) is 106 cm³/mol. The van der Waals surface area contributed by atoms with E-state index in [0.29, 0.717) is 18.4 Å². The van der Waals surface area contributed by atoms with Crippen LogP contribution >= 0.6 is 11.6 Å². The molecule has 2 aliphatic rings. The molecule has 0 aliphatic carbocycles. The minimum Gasteiger partial charge on any atom is -0.366 e. The molecular formula is C22H22ClF3N2O. The number of carbonyl (C=O) groups is 1. The first-order chi connectivity index (χ1) is 13.6. The highest BCUT2D eigenvalue weighted by Crippen LogP contribution is 2.61. The Kier molecular flexibility index (Phi) is 4.70. The van der Waals surface area contributed by atoms with Crippen LogP contribution in [0.1, 0.15) is 52.7 Å². The predicted octanol–water partition coefficient (Wildman–Crippen LogP) is 4.91. The molecule has 2 N–H and O–H groups in total.